The van der Waals surface area contributed by atoms with Crippen LogP contribution in [-0.2, 0) is 13.1 Å². The molecule has 1 aromatic heterocycles. The van der Waals surface area contributed by atoms with E-state index in [-0.39, 0.29) is 0 Å². The van der Waals surface area contributed by atoms with Crippen LogP contribution in [0.4, 0.5) is 0 Å². The lowest BCUT2D eigenvalue weighted by molar-refractivity contribution is 0.582. The average Bonchev–Trinajstić information content (AvgIpc) is 2.60. The summed E-state index contributed by atoms with van der Waals surface area (Å²) in [7, 11) is 0. The van der Waals surface area contributed by atoms with Crippen molar-refractivity contribution < 1.29 is 0 Å². The second-order valence-electron chi connectivity index (χ2n) is 3.37. The lowest BCUT2D eigenvalue weighted by Crippen LogP contribution is -1.97. The average molecular weight is 181 g/mol. The summed E-state index contributed by atoms with van der Waals surface area (Å²) in [6.07, 6.45) is 9.08. The summed E-state index contributed by atoms with van der Waals surface area (Å²) in [5.74, 6) is 0. The summed E-state index contributed by atoms with van der Waals surface area (Å²) < 4.78 is 2.12. The lowest BCUT2D eigenvalue weighted by atomic mass is 10.2. The molecule has 1 aromatic rings. The van der Waals surface area contributed by atoms with Crippen LogP contribution in [-0.4, -0.2) is 9.55 Å². The Labute approximate surface area is 80.0 Å². The third-order valence-corrected chi connectivity index (χ3v) is 2.17. The van der Waals surface area contributed by atoms with Crippen molar-refractivity contribution in [1.82, 2.24) is 9.55 Å². The molecule has 0 bridgehead atoms. The van der Waals surface area contributed by atoms with Gasteiger partial charge in [-0.15, -0.1) is 0 Å². The Kier molecular flexibility index (Phi) is 4.54. The van der Waals surface area contributed by atoms with E-state index in [4.69, 9.17) is 5.73 Å². The highest BCUT2D eigenvalue weighted by Crippen LogP contribution is 2.02. The topological polar surface area (TPSA) is 43.8 Å². The van der Waals surface area contributed by atoms with E-state index in [1.807, 2.05) is 12.5 Å². The van der Waals surface area contributed by atoms with Crippen molar-refractivity contribution in [3.63, 3.8) is 0 Å². The van der Waals surface area contributed by atoms with Crippen LogP contribution in [0.2, 0.25) is 0 Å². The van der Waals surface area contributed by atoms with E-state index in [1.165, 1.54) is 25.7 Å². The number of aromatic nitrogens is 2. The largest absolute Gasteiger partial charge is 0.337 e. The van der Waals surface area contributed by atoms with E-state index in [1.54, 1.807) is 0 Å². The number of hydrogen-bond donors (Lipinski definition) is 1. The summed E-state index contributed by atoms with van der Waals surface area (Å²) in [5.41, 5.74) is 6.45. The van der Waals surface area contributed by atoms with Crippen LogP contribution in [0.15, 0.2) is 12.5 Å². The van der Waals surface area contributed by atoms with E-state index < -0.39 is 0 Å². The Morgan fingerprint density at radius 3 is 2.85 bits per heavy atom. The maximum absolute atomic E-state index is 5.46. The monoisotopic (exact) mass is 181 g/mol. The molecule has 0 aliphatic heterocycles. The fourth-order valence-electron chi connectivity index (χ4n) is 1.36. The number of nitrogens with zero attached hydrogens (tertiary/aromatic N) is 2. The van der Waals surface area contributed by atoms with Gasteiger partial charge < -0.3 is 10.3 Å². The maximum Gasteiger partial charge on any atom is 0.0949 e. The van der Waals surface area contributed by atoms with E-state index in [0.717, 1.165) is 12.2 Å². The molecule has 3 heteroatoms. The Bertz CT molecular complexity index is 230. The van der Waals surface area contributed by atoms with Gasteiger partial charge in [0.2, 0.25) is 0 Å². The van der Waals surface area contributed by atoms with Crippen LogP contribution in [0.3, 0.4) is 0 Å². The molecule has 1 heterocycles. The van der Waals surface area contributed by atoms with Gasteiger partial charge in [0.25, 0.3) is 0 Å². The van der Waals surface area contributed by atoms with Gasteiger partial charge in [0.15, 0.2) is 0 Å². The highest BCUT2D eigenvalue weighted by molar-refractivity contribution is 4.95. The van der Waals surface area contributed by atoms with E-state index in [0.29, 0.717) is 6.54 Å². The summed E-state index contributed by atoms with van der Waals surface area (Å²) in [6, 6.07) is 0. The van der Waals surface area contributed by atoms with Gasteiger partial charge in [-0.25, -0.2) is 4.98 Å². The Balaban J connectivity index is 2.20. The molecule has 0 unspecified atom stereocenters. The third-order valence-electron chi connectivity index (χ3n) is 2.17. The van der Waals surface area contributed by atoms with Crippen molar-refractivity contribution in [3.8, 4) is 0 Å². The predicted octanol–water partition coefficient (Wildman–Crippen LogP) is 1.92. The Morgan fingerprint density at radius 1 is 1.38 bits per heavy atom. The first kappa shape index (κ1) is 10.3. The summed E-state index contributed by atoms with van der Waals surface area (Å²) in [4.78, 5) is 4.17. The van der Waals surface area contributed by atoms with Crippen molar-refractivity contribution in [1.29, 1.82) is 0 Å². The van der Waals surface area contributed by atoms with E-state index >= 15 is 0 Å². The number of aryl methyl sites for hydroxylation is 1. The maximum atomic E-state index is 5.46. The fraction of sp³-hybridized carbons (Fsp3) is 0.700. The molecule has 0 aromatic carbocycles. The van der Waals surface area contributed by atoms with Crippen molar-refractivity contribution in [2.45, 2.75) is 45.7 Å². The normalized spacial score (nSPS) is 10.6. The predicted molar refractivity (Wildman–Crippen MR) is 54.3 cm³/mol. The van der Waals surface area contributed by atoms with Crippen LogP contribution in [0.25, 0.3) is 0 Å². The molecule has 13 heavy (non-hydrogen) atoms. The zero-order valence-corrected chi connectivity index (χ0v) is 8.37. The van der Waals surface area contributed by atoms with Gasteiger partial charge in [-0.2, -0.15) is 0 Å². The minimum Gasteiger partial charge on any atom is -0.337 e. The van der Waals surface area contributed by atoms with Gasteiger partial charge in [-0.05, 0) is 6.42 Å². The highest BCUT2D eigenvalue weighted by atomic mass is 15.0. The molecular weight excluding hydrogens is 162 g/mol. The first-order valence-corrected chi connectivity index (χ1v) is 5.07. The highest BCUT2D eigenvalue weighted by Gasteiger charge is 1.95. The first-order valence-electron chi connectivity index (χ1n) is 5.07. The van der Waals surface area contributed by atoms with Gasteiger partial charge in [0.1, 0.15) is 0 Å². The molecule has 1 rings (SSSR count). The van der Waals surface area contributed by atoms with Crippen molar-refractivity contribution in [2.24, 2.45) is 5.73 Å². The molecule has 2 N–H and O–H groups in total. The molecule has 0 aliphatic carbocycles. The third kappa shape index (κ3) is 3.59. The van der Waals surface area contributed by atoms with Crippen molar-refractivity contribution in [3.05, 3.63) is 18.2 Å². The molecule has 0 atom stereocenters. The molecule has 0 spiro atoms. The summed E-state index contributed by atoms with van der Waals surface area (Å²) in [6.45, 7) is 3.85. The molecule has 0 radical (unpaired) electrons. The number of imidazole rings is 1. The number of unbranched alkanes of at least 4 members (excludes halogenated alkanes) is 3. The van der Waals surface area contributed by atoms with Gasteiger partial charge in [-0.1, -0.05) is 26.2 Å². The molecule has 0 saturated heterocycles. The molecule has 3 nitrogen and oxygen atoms in total. The van der Waals surface area contributed by atoms with Crippen LogP contribution < -0.4 is 5.73 Å². The van der Waals surface area contributed by atoms with Crippen LogP contribution in [0.5, 0.6) is 0 Å². The zero-order chi connectivity index (χ0) is 9.52. The van der Waals surface area contributed by atoms with Gasteiger partial charge in [0.05, 0.1) is 12.0 Å². The lowest BCUT2D eigenvalue weighted by Gasteiger charge is -2.00. The van der Waals surface area contributed by atoms with Gasteiger partial charge >= 0.3 is 0 Å². The summed E-state index contributed by atoms with van der Waals surface area (Å²) in [5, 5.41) is 0. The Morgan fingerprint density at radius 2 is 2.23 bits per heavy atom. The second-order valence-corrected chi connectivity index (χ2v) is 3.37. The Hall–Kier alpha value is -0.830. The van der Waals surface area contributed by atoms with Crippen molar-refractivity contribution >= 4 is 0 Å². The molecule has 0 amide bonds. The molecule has 0 fully saturated rings. The number of rotatable bonds is 6. The second kappa shape index (κ2) is 5.75. The SMILES string of the molecule is CCCCCCn1cnc(CN)c1. The molecular formula is C10H19N3. The minimum atomic E-state index is 0.544. The van der Waals surface area contributed by atoms with E-state index in [9.17, 15) is 0 Å². The fourth-order valence-corrected chi connectivity index (χ4v) is 1.36. The van der Waals surface area contributed by atoms with Crippen molar-refractivity contribution in [2.75, 3.05) is 0 Å². The van der Waals surface area contributed by atoms with E-state index in [2.05, 4.69) is 16.5 Å². The molecule has 0 aliphatic rings. The first-order chi connectivity index (χ1) is 6.36. The van der Waals surface area contributed by atoms with Crippen LogP contribution >= 0.6 is 0 Å². The standard InChI is InChI=1S/C10H19N3/c1-2-3-4-5-6-13-8-10(7-11)12-9-13/h8-9H,2-7,11H2,1H3. The smallest absolute Gasteiger partial charge is 0.0949 e. The molecule has 0 saturated carbocycles. The van der Waals surface area contributed by atoms with Gasteiger partial charge in [-0.3, -0.25) is 0 Å². The zero-order valence-electron chi connectivity index (χ0n) is 8.37. The van der Waals surface area contributed by atoms with Crippen LogP contribution in [0, 0.1) is 0 Å². The van der Waals surface area contributed by atoms with Gasteiger partial charge in [0, 0.05) is 19.3 Å². The number of nitrogens with two attached hydrogens (primary N) is 1. The summed E-state index contributed by atoms with van der Waals surface area (Å²) >= 11 is 0. The minimum absolute atomic E-state index is 0.544. The van der Waals surface area contributed by atoms with Crippen LogP contribution in [0.1, 0.15) is 38.3 Å². The molecule has 74 valence electrons. The number of hydrogen-bond acceptors (Lipinski definition) is 2. The quantitative estimate of drug-likeness (QED) is 0.681.